The first-order valence-electron chi connectivity index (χ1n) is 23.1. The highest BCUT2D eigenvalue weighted by Crippen LogP contribution is 2.44. The van der Waals surface area contributed by atoms with Crippen molar-refractivity contribution in [1.82, 2.24) is 20.2 Å². The number of nitrogens with zero attached hydrogens (tertiary/aromatic N) is 4. The van der Waals surface area contributed by atoms with Crippen LogP contribution in [0.25, 0.3) is 0 Å². The molecule has 0 aliphatic carbocycles. The maximum atomic E-state index is 14.5. The number of hydrogen-bond acceptors (Lipinski definition) is 11. The van der Waals surface area contributed by atoms with E-state index in [2.05, 4.69) is 62.7 Å². The second kappa shape index (κ2) is 21.7. The molecule has 2 unspecified atom stereocenters. The van der Waals surface area contributed by atoms with Crippen LogP contribution in [0.2, 0.25) is 0 Å². The van der Waals surface area contributed by atoms with E-state index in [9.17, 15) is 24.3 Å². The van der Waals surface area contributed by atoms with E-state index in [0.717, 1.165) is 22.3 Å². The number of carbonyl (C=O) groups is 4. The van der Waals surface area contributed by atoms with E-state index in [0.29, 0.717) is 34.1 Å². The number of phenolic OH excluding ortho intramolecular Hbond substituents is 1. The largest absolute Gasteiger partial charge is 0.507 e. The lowest BCUT2D eigenvalue weighted by Crippen LogP contribution is -2.64. The summed E-state index contributed by atoms with van der Waals surface area (Å²) in [5, 5.41) is 22.3. The molecular formula is C54H57N8O8S+. The van der Waals surface area contributed by atoms with Crippen LogP contribution < -0.4 is 30.7 Å². The lowest BCUT2D eigenvalue weighted by molar-refractivity contribution is -0.765. The number of β-lactam (4-membered cyclic amide) rings is 1. The number of alkyl carbamates (subject to hydrolysis) is 1. The smallest absolute Gasteiger partial charge is 0.407 e. The number of fused-ring (bicyclic) bond motifs is 1. The molecule has 6 aromatic rings. The fourth-order valence-corrected chi connectivity index (χ4v) is 9.77. The molecule has 3 heterocycles. The van der Waals surface area contributed by atoms with Gasteiger partial charge in [-0.05, 0) is 67.3 Å². The van der Waals surface area contributed by atoms with E-state index < -0.39 is 40.6 Å². The number of phenols is 1. The summed E-state index contributed by atoms with van der Waals surface area (Å²) in [4.78, 5) is 60.8. The number of para-hydroxylation sites is 1. The number of methoxy groups -OCH3 is 1. The Morgan fingerprint density at radius 3 is 2.01 bits per heavy atom. The van der Waals surface area contributed by atoms with Crippen molar-refractivity contribution >= 4 is 53.5 Å². The van der Waals surface area contributed by atoms with Crippen molar-refractivity contribution in [3.05, 3.63) is 185 Å². The van der Waals surface area contributed by atoms with Gasteiger partial charge in [0.1, 0.15) is 40.3 Å². The molecule has 0 bridgehead atoms. The predicted molar refractivity (Wildman–Crippen MR) is 272 cm³/mol. The number of hydrogen-bond donors (Lipinski definition) is 5. The predicted octanol–water partition coefficient (Wildman–Crippen LogP) is 7.48. The standard InChI is InChI=1S/C54H56N8O8S/c1-53(2,3)70-52(67)56-30-29-55-51(66)58-43-33-61(60(4)47(43)59-54(39-18-9-6-10-19-39,40-20-11-7-12-21-40)41-22-13-8-14-23-41)32-38-35-71-49-45(57-31-37-17-15-16-24-44(37)63)48(64)62(49)46(38)50(65)69-34-36-25-27-42(68-5)28-26-36/h6-28,31,33,45,49H,29-30,32,34-35H2,1-5H3,(H4,55,56,57,58,63,66,67)/p+1. The number of ether oxygens (including phenoxy) is 3. The summed E-state index contributed by atoms with van der Waals surface area (Å²) in [5.74, 6) is 0.459. The van der Waals surface area contributed by atoms with Crippen LogP contribution in [0.4, 0.5) is 21.1 Å². The van der Waals surface area contributed by atoms with Crippen molar-refractivity contribution in [2.45, 2.75) is 56.5 Å². The van der Waals surface area contributed by atoms with Gasteiger partial charge in [-0.3, -0.25) is 20.0 Å². The molecule has 2 aliphatic heterocycles. The van der Waals surface area contributed by atoms with Gasteiger partial charge in [-0.25, -0.2) is 14.4 Å². The minimum absolute atomic E-state index is 0.0321. The summed E-state index contributed by atoms with van der Waals surface area (Å²) < 4.78 is 20.3. The number of benzene rings is 5. The minimum atomic E-state index is -1.02. The average Bonchev–Trinajstić information content (AvgIpc) is 3.65. The number of rotatable bonds is 17. The Morgan fingerprint density at radius 2 is 1.42 bits per heavy atom. The number of urea groups is 1. The normalized spacial score (nSPS) is 15.6. The van der Waals surface area contributed by atoms with E-state index in [1.54, 1.807) is 82.6 Å². The zero-order valence-corrected chi connectivity index (χ0v) is 40.9. The van der Waals surface area contributed by atoms with Gasteiger partial charge in [0.2, 0.25) is 6.20 Å². The van der Waals surface area contributed by atoms with Crippen molar-refractivity contribution in [1.29, 1.82) is 0 Å². The molecule has 0 radical (unpaired) electrons. The Hall–Kier alpha value is -8.05. The Balaban J connectivity index is 1.18. The number of nitrogens with one attached hydrogen (secondary N) is 4. The lowest BCUT2D eigenvalue weighted by Gasteiger charge is -2.47. The van der Waals surface area contributed by atoms with Gasteiger partial charge in [0.05, 0.1) is 14.2 Å². The highest BCUT2D eigenvalue weighted by Gasteiger charge is 2.54. The van der Waals surface area contributed by atoms with Gasteiger partial charge in [0.25, 0.3) is 5.91 Å². The van der Waals surface area contributed by atoms with E-state index >= 15 is 0 Å². The van der Waals surface area contributed by atoms with Gasteiger partial charge in [-0.15, -0.1) is 21.1 Å². The van der Waals surface area contributed by atoms with E-state index in [1.807, 2.05) is 71.0 Å². The Bertz CT molecular complexity index is 2830. The molecular weight excluding hydrogens is 921 g/mol. The Labute approximate surface area is 416 Å². The molecule has 2 atom stereocenters. The van der Waals surface area contributed by atoms with Gasteiger partial charge < -0.3 is 35.3 Å². The highest BCUT2D eigenvalue weighted by molar-refractivity contribution is 8.00. The summed E-state index contributed by atoms with van der Waals surface area (Å²) in [6.45, 7) is 5.56. The summed E-state index contributed by atoms with van der Waals surface area (Å²) in [6.07, 6.45) is 2.65. The van der Waals surface area contributed by atoms with Crippen molar-refractivity contribution in [2.75, 3.05) is 36.6 Å². The number of aliphatic imine (C=N–C) groups is 1. The third kappa shape index (κ3) is 11.2. The maximum absolute atomic E-state index is 14.5. The van der Waals surface area contributed by atoms with Crippen LogP contribution in [0, 0.1) is 0 Å². The third-order valence-electron chi connectivity index (χ3n) is 11.9. The zero-order chi connectivity index (χ0) is 50.1. The average molecular weight is 978 g/mol. The molecule has 5 N–H and O–H groups in total. The van der Waals surface area contributed by atoms with Crippen LogP contribution in [0.15, 0.2) is 162 Å². The van der Waals surface area contributed by atoms with Crippen molar-refractivity contribution in [2.24, 2.45) is 12.0 Å². The van der Waals surface area contributed by atoms with Crippen LogP contribution >= 0.6 is 11.8 Å². The minimum Gasteiger partial charge on any atom is -0.507 e. The summed E-state index contributed by atoms with van der Waals surface area (Å²) in [6, 6.07) is 42.6. The molecule has 16 nitrogen and oxygen atoms in total. The molecule has 1 fully saturated rings. The van der Waals surface area contributed by atoms with Gasteiger partial charge in [-0.2, -0.15) is 0 Å². The van der Waals surface area contributed by atoms with Gasteiger partial charge in [-0.1, -0.05) is 115 Å². The van der Waals surface area contributed by atoms with Crippen LogP contribution in [0.1, 0.15) is 48.6 Å². The first-order chi connectivity index (χ1) is 34.3. The van der Waals surface area contributed by atoms with Crippen LogP contribution in [0.3, 0.4) is 0 Å². The molecule has 8 rings (SSSR count). The molecule has 0 saturated carbocycles. The van der Waals surface area contributed by atoms with Crippen LogP contribution in [-0.2, 0) is 44.8 Å². The maximum Gasteiger partial charge on any atom is 0.407 e. The molecule has 366 valence electrons. The molecule has 1 aromatic heterocycles. The number of esters is 1. The summed E-state index contributed by atoms with van der Waals surface area (Å²) in [7, 11) is 3.42. The van der Waals surface area contributed by atoms with Gasteiger partial charge in [0, 0.05) is 36.2 Å². The topological polar surface area (TPSA) is 189 Å². The number of aromatic hydroxyl groups is 1. The number of anilines is 2. The highest BCUT2D eigenvalue weighted by atomic mass is 32.2. The molecule has 71 heavy (non-hydrogen) atoms. The fraction of sp³-hybridized carbons (Fsp3) is 0.259. The SMILES string of the molecule is COc1ccc(COC(=O)C2=C(C[n+]3cc(NC(=O)NCCNC(=O)OC(C)(C)C)c(NC(c4ccccc4)(c4ccccc4)c4ccccc4)n3C)CSC3C(N=Cc4ccccc4O)C(=O)N23)cc1. The first-order valence-corrected chi connectivity index (χ1v) is 24.1. The second-order valence-corrected chi connectivity index (χ2v) is 19.0. The quantitative estimate of drug-likeness (QED) is 0.0153. The van der Waals surface area contributed by atoms with E-state index in [-0.39, 0.29) is 43.6 Å². The molecule has 4 amide bonds. The molecule has 0 spiro atoms. The Kier molecular flexibility index (Phi) is 15.1. The second-order valence-electron chi connectivity index (χ2n) is 17.9. The van der Waals surface area contributed by atoms with Crippen LogP contribution in [-0.4, -0.2) is 87.9 Å². The van der Waals surface area contributed by atoms with Gasteiger partial charge >= 0.3 is 18.1 Å². The van der Waals surface area contributed by atoms with Crippen molar-refractivity contribution in [3.63, 3.8) is 0 Å². The Morgan fingerprint density at radius 1 is 0.831 bits per heavy atom. The van der Waals surface area contributed by atoms with E-state index in [1.165, 1.54) is 22.9 Å². The van der Waals surface area contributed by atoms with E-state index in [4.69, 9.17) is 14.2 Å². The molecule has 17 heteroatoms. The fourth-order valence-electron chi connectivity index (χ4n) is 8.44. The zero-order valence-electron chi connectivity index (χ0n) is 40.1. The van der Waals surface area contributed by atoms with Crippen molar-refractivity contribution < 1.29 is 43.2 Å². The van der Waals surface area contributed by atoms with Crippen molar-refractivity contribution in [3.8, 4) is 11.5 Å². The summed E-state index contributed by atoms with van der Waals surface area (Å²) in [5.41, 5.74) is 3.36. The number of thioether (sulfide) groups is 1. The molecule has 1 saturated heterocycles. The van der Waals surface area contributed by atoms with Gasteiger partial charge in [0.15, 0.2) is 24.1 Å². The number of carbonyl (C=O) groups excluding carboxylic acids is 4. The number of amides is 4. The lowest BCUT2D eigenvalue weighted by atomic mass is 9.77. The summed E-state index contributed by atoms with van der Waals surface area (Å²) >= 11 is 1.47. The third-order valence-corrected chi connectivity index (χ3v) is 13.2. The first kappa shape index (κ1) is 49.4. The van der Waals surface area contributed by atoms with Crippen LogP contribution in [0.5, 0.6) is 11.5 Å². The monoisotopic (exact) mass is 977 g/mol. The molecule has 5 aromatic carbocycles. The number of aromatic nitrogens is 2. The molecule has 2 aliphatic rings.